The summed E-state index contributed by atoms with van der Waals surface area (Å²) < 4.78 is 4.69. The summed E-state index contributed by atoms with van der Waals surface area (Å²) in [4.78, 5) is 14.7. The molecule has 64 valence electrons. The third kappa shape index (κ3) is 2.33. The molecule has 0 spiro atoms. The van der Waals surface area contributed by atoms with E-state index < -0.39 is 5.54 Å². The molecule has 3 nitrogen and oxygen atoms in total. The van der Waals surface area contributed by atoms with Crippen molar-refractivity contribution in [2.24, 2.45) is 4.99 Å². The predicted molar refractivity (Wildman–Crippen MR) is 44.6 cm³/mol. The molecule has 1 heterocycles. The fourth-order valence-electron chi connectivity index (χ4n) is 0.721. The molecule has 0 unspecified atom stereocenters. The summed E-state index contributed by atoms with van der Waals surface area (Å²) in [6.45, 7) is 9.13. The predicted octanol–water partition coefficient (Wildman–Crippen LogP) is 1.77. The van der Waals surface area contributed by atoms with E-state index in [1.54, 1.807) is 20.8 Å². The van der Waals surface area contributed by atoms with Crippen molar-refractivity contribution >= 4 is 11.9 Å². The standard InChI is InChI=1S/C6H9NO2.C2H6/c1-4-7-6(2,3)5(8)9-4;1-2/h1-3H3;1-2H3. The van der Waals surface area contributed by atoms with Crippen LogP contribution in [0, 0.1) is 0 Å². The molecule has 0 aromatic heterocycles. The van der Waals surface area contributed by atoms with Gasteiger partial charge in [-0.15, -0.1) is 0 Å². The van der Waals surface area contributed by atoms with Crippen LogP contribution in [0.5, 0.6) is 0 Å². The molecule has 0 N–H and O–H groups in total. The summed E-state index contributed by atoms with van der Waals surface area (Å²) in [6.07, 6.45) is 0. The van der Waals surface area contributed by atoms with Crippen LogP contribution in [0.3, 0.4) is 0 Å². The maximum absolute atomic E-state index is 10.8. The van der Waals surface area contributed by atoms with Gasteiger partial charge in [0.2, 0.25) is 0 Å². The molecule has 3 heteroatoms. The molecule has 0 bridgehead atoms. The van der Waals surface area contributed by atoms with E-state index in [-0.39, 0.29) is 5.97 Å². The Morgan fingerprint density at radius 1 is 1.36 bits per heavy atom. The van der Waals surface area contributed by atoms with Crippen molar-refractivity contribution in [2.75, 3.05) is 0 Å². The first-order chi connectivity index (χ1) is 5.02. The van der Waals surface area contributed by atoms with Crippen molar-refractivity contribution in [1.29, 1.82) is 0 Å². The van der Waals surface area contributed by atoms with Crippen LogP contribution < -0.4 is 0 Å². The molecule has 0 aliphatic carbocycles. The van der Waals surface area contributed by atoms with Crippen molar-refractivity contribution < 1.29 is 9.53 Å². The number of hydrogen-bond donors (Lipinski definition) is 0. The monoisotopic (exact) mass is 157 g/mol. The first-order valence-corrected chi connectivity index (χ1v) is 3.81. The van der Waals surface area contributed by atoms with E-state index in [0.29, 0.717) is 5.90 Å². The molecule has 1 aliphatic rings. The van der Waals surface area contributed by atoms with Crippen LogP contribution in [0.2, 0.25) is 0 Å². The smallest absolute Gasteiger partial charge is 0.340 e. The molecule has 0 aromatic rings. The highest BCUT2D eigenvalue weighted by Crippen LogP contribution is 2.17. The Kier molecular flexibility index (Phi) is 3.23. The number of rotatable bonds is 0. The summed E-state index contributed by atoms with van der Waals surface area (Å²) in [5, 5.41) is 0. The zero-order chi connectivity index (χ0) is 9.07. The van der Waals surface area contributed by atoms with Gasteiger partial charge in [0, 0.05) is 6.92 Å². The number of esters is 1. The first kappa shape index (κ1) is 10.1. The van der Waals surface area contributed by atoms with Crippen molar-refractivity contribution in [2.45, 2.75) is 40.2 Å². The van der Waals surface area contributed by atoms with Crippen LogP contribution >= 0.6 is 0 Å². The Morgan fingerprint density at radius 3 is 1.91 bits per heavy atom. The Bertz CT molecular complexity index is 183. The third-order valence-electron chi connectivity index (χ3n) is 1.18. The highest BCUT2D eigenvalue weighted by atomic mass is 16.6. The third-order valence-corrected chi connectivity index (χ3v) is 1.18. The number of cyclic esters (lactones) is 1. The van der Waals surface area contributed by atoms with Gasteiger partial charge >= 0.3 is 5.97 Å². The molecule has 0 aromatic carbocycles. The van der Waals surface area contributed by atoms with E-state index in [4.69, 9.17) is 0 Å². The SMILES string of the molecule is CC.CC1=NC(C)(C)C(=O)O1. The maximum atomic E-state index is 10.8. The Morgan fingerprint density at radius 2 is 1.82 bits per heavy atom. The van der Waals surface area contributed by atoms with E-state index in [1.807, 2.05) is 13.8 Å². The van der Waals surface area contributed by atoms with Gasteiger partial charge in [0.1, 0.15) is 0 Å². The fourth-order valence-corrected chi connectivity index (χ4v) is 0.721. The number of hydrogen-bond acceptors (Lipinski definition) is 3. The van der Waals surface area contributed by atoms with Crippen molar-refractivity contribution in [3.05, 3.63) is 0 Å². The second-order valence-electron chi connectivity index (χ2n) is 2.58. The van der Waals surface area contributed by atoms with E-state index in [1.165, 1.54) is 0 Å². The van der Waals surface area contributed by atoms with Crippen molar-refractivity contribution in [3.63, 3.8) is 0 Å². The van der Waals surface area contributed by atoms with Gasteiger partial charge in [0.05, 0.1) is 0 Å². The molecule has 0 saturated carbocycles. The van der Waals surface area contributed by atoms with Gasteiger partial charge in [-0.05, 0) is 13.8 Å². The van der Waals surface area contributed by atoms with E-state index >= 15 is 0 Å². The quantitative estimate of drug-likeness (QED) is 0.502. The largest absolute Gasteiger partial charge is 0.410 e. The average Bonchev–Trinajstić information content (AvgIpc) is 2.10. The second kappa shape index (κ2) is 3.51. The topological polar surface area (TPSA) is 38.7 Å². The van der Waals surface area contributed by atoms with Gasteiger partial charge in [0.15, 0.2) is 11.4 Å². The number of carbonyl (C=O) groups excluding carboxylic acids is 1. The lowest BCUT2D eigenvalue weighted by atomic mass is 10.1. The minimum atomic E-state index is -0.649. The Labute approximate surface area is 67.5 Å². The van der Waals surface area contributed by atoms with Gasteiger partial charge in [-0.2, -0.15) is 0 Å². The van der Waals surface area contributed by atoms with Gasteiger partial charge in [-0.3, -0.25) is 0 Å². The van der Waals surface area contributed by atoms with E-state index in [0.717, 1.165) is 0 Å². The molecule has 0 fully saturated rings. The molecule has 0 atom stereocenters. The molecule has 1 aliphatic heterocycles. The molecule has 0 amide bonds. The minimum Gasteiger partial charge on any atom is -0.410 e. The fraction of sp³-hybridized carbons (Fsp3) is 0.750. The van der Waals surface area contributed by atoms with Crippen molar-refractivity contribution in [3.8, 4) is 0 Å². The van der Waals surface area contributed by atoms with Crippen LogP contribution in [0.25, 0.3) is 0 Å². The highest BCUT2D eigenvalue weighted by Gasteiger charge is 2.34. The van der Waals surface area contributed by atoms with Gasteiger partial charge in [0.25, 0.3) is 0 Å². The number of ether oxygens (including phenoxy) is 1. The van der Waals surface area contributed by atoms with Gasteiger partial charge in [-0.25, -0.2) is 9.79 Å². The first-order valence-electron chi connectivity index (χ1n) is 3.81. The van der Waals surface area contributed by atoms with Crippen molar-refractivity contribution in [1.82, 2.24) is 0 Å². The number of aliphatic imine (C=N–C) groups is 1. The summed E-state index contributed by atoms with van der Waals surface area (Å²) in [7, 11) is 0. The van der Waals surface area contributed by atoms with E-state index in [9.17, 15) is 4.79 Å². The van der Waals surface area contributed by atoms with Gasteiger partial charge < -0.3 is 4.74 Å². The van der Waals surface area contributed by atoms with Crippen LogP contribution in [-0.4, -0.2) is 17.4 Å². The highest BCUT2D eigenvalue weighted by molar-refractivity contribution is 5.98. The zero-order valence-corrected chi connectivity index (χ0v) is 7.76. The van der Waals surface area contributed by atoms with Crippen LogP contribution in [0.4, 0.5) is 0 Å². The normalized spacial score (nSPS) is 19.7. The molecule has 1 rings (SSSR count). The second-order valence-corrected chi connectivity index (χ2v) is 2.58. The molecular weight excluding hydrogens is 142 g/mol. The van der Waals surface area contributed by atoms with Crippen LogP contribution in [-0.2, 0) is 9.53 Å². The summed E-state index contributed by atoms with van der Waals surface area (Å²) in [5.74, 6) is 0.199. The van der Waals surface area contributed by atoms with Crippen LogP contribution in [0.1, 0.15) is 34.6 Å². The van der Waals surface area contributed by atoms with E-state index in [2.05, 4.69) is 9.73 Å². The Balaban J connectivity index is 0.000000461. The summed E-state index contributed by atoms with van der Waals surface area (Å²) in [6, 6.07) is 0. The van der Waals surface area contributed by atoms with Gasteiger partial charge in [-0.1, -0.05) is 13.8 Å². The number of carbonyl (C=O) groups is 1. The average molecular weight is 157 g/mol. The summed E-state index contributed by atoms with van der Waals surface area (Å²) >= 11 is 0. The Hall–Kier alpha value is -0.860. The zero-order valence-electron chi connectivity index (χ0n) is 7.76. The molecular formula is C8H15NO2. The summed E-state index contributed by atoms with van der Waals surface area (Å²) in [5.41, 5.74) is -0.649. The lowest BCUT2D eigenvalue weighted by molar-refractivity contribution is -0.137. The molecule has 0 saturated heterocycles. The molecule has 11 heavy (non-hydrogen) atoms. The maximum Gasteiger partial charge on any atom is 0.340 e. The lowest BCUT2D eigenvalue weighted by Gasteiger charge is -2.05. The lowest BCUT2D eigenvalue weighted by Crippen LogP contribution is -2.25. The van der Waals surface area contributed by atoms with Crippen LogP contribution in [0.15, 0.2) is 4.99 Å². The minimum absolute atomic E-state index is 0.264. The molecule has 0 radical (unpaired) electrons. The number of nitrogens with zero attached hydrogens (tertiary/aromatic N) is 1.